The van der Waals surface area contributed by atoms with Crippen molar-refractivity contribution in [1.82, 2.24) is 9.97 Å². The first-order valence-corrected chi connectivity index (χ1v) is 9.02. The predicted molar refractivity (Wildman–Crippen MR) is 105 cm³/mol. The Bertz CT molecular complexity index is 905. The lowest BCUT2D eigenvalue weighted by Crippen LogP contribution is -2.07. The van der Waals surface area contributed by atoms with Crippen LogP contribution in [0, 0.1) is 5.92 Å². The number of hydrogen-bond donors (Lipinski definition) is 1. The van der Waals surface area contributed by atoms with Crippen molar-refractivity contribution in [2.75, 3.05) is 20.3 Å². The molecule has 0 radical (unpaired) electrons. The number of ether oxygens (including phenoxy) is 3. The Morgan fingerprint density at radius 1 is 1.15 bits per heavy atom. The molecule has 1 N–H and O–H groups in total. The lowest BCUT2D eigenvalue weighted by atomic mass is 10.2. The molecule has 0 fully saturated rings. The molecular weight excluding hydrogens is 352 g/mol. The maximum absolute atomic E-state index is 6.48. The van der Waals surface area contributed by atoms with E-state index in [9.17, 15) is 0 Å². The van der Waals surface area contributed by atoms with Crippen LogP contribution in [0.4, 0.5) is 0 Å². The van der Waals surface area contributed by atoms with Gasteiger partial charge in [-0.1, -0.05) is 25.4 Å². The van der Waals surface area contributed by atoms with E-state index in [0.29, 0.717) is 41.5 Å². The van der Waals surface area contributed by atoms with E-state index in [1.165, 1.54) is 0 Å². The molecule has 0 amide bonds. The number of benzene rings is 2. The highest BCUT2D eigenvalue weighted by atomic mass is 35.5. The van der Waals surface area contributed by atoms with Crippen molar-refractivity contribution in [3.8, 4) is 28.6 Å². The first kappa shape index (κ1) is 18.4. The van der Waals surface area contributed by atoms with Crippen LogP contribution in [-0.2, 0) is 0 Å². The molecule has 138 valence electrons. The summed E-state index contributed by atoms with van der Waals surface area (Å²) in [7, 11) is 1.64. The van der Waals surface area contributed by atoms with Gasteiger partial charge in [-0.3, -0.25) is 0 Å². The molecule has 1 aromatic heterocycles. The van der Waals surface area contributed by atoms with E-state index >= 15 is 0 Å². The molecule has 0 saturated carbocycles. The second-order valence-electron chi connectivity index (χ2n) is 6.39. The first-order valence-electron chi connectivity index (χ1n) is 8.65. The fourth-order valence-corrected chi connectivity index (χ4v) is 2.88. The molecule has 1 heterocycles. The van der Waals surface area contributed by atoms with Crippen LogP contribution in [0.15, 0.2) is 30.3 Å². The number of aromatic nitrogens is 2. The molecule has 0 saturated heterocycles. The van der Waals surface area contributed by atoms with E-state index in [4.69, 9.17) is 25.8 Å². The maximum Gasteiger partial charge on any atom is 0.179 e. The normalized spacial score (nSPS) is 11.2. The third-order valence-electron chi connectivity index (χ3n) is 3.83. The van der Waals surface area contributed by atoms with Gasteiger partial charge in [0.15, 0.2) is 11.5 Å². The number of methoxy groups -OCH3 is 1. The molecule has 0 aliphatic heterocycles. The van der Waals surface area contributed by atoms with Gasteiger partial charge in [-0.15, -0.1) is 0 Å². The number of nitrogens with one attached hydrogen (secondary N) is 1. The molecule has 0 atom stereocenters. The van der Waals surface area contributed by atoms with Crippen molar-refractivity contribution in [1.29, 1.82) is 0 Å². The van der Waals surface area contributed by atoms with Gasteiger partial charge in [-0.05, 0) is 37.1 Å². The molecule has 3 rings (SSSR count). The van der Waals surface area contributed by atoms with Crippen molar-refractivity contribution < 1.29 is 14.2 Å². The summed E-state index contributed by atoms with van der Waals surface area (Å²) in [5.74, 6) is 3.08. The van der Waals surface area contributed by atoms with Crippen LogP contribution in [0.3, 0.4) is 0 Å². The Morgan fingerprint density at radius 3 is 2.65 bits per heavy atom. The molecule has 6 heteroatoms. The van der Waals surface area contributed by atoms with Crippen LogP contribution in [0.25, 0.3) is 22.4 Å². The highest BCUT2D eigenvalue weighted by Crippen LogP contribution is 2.39. The number of aromatic amines is 1. The van der Waals surface area contributed by atoms with Crippen molar-refractivity contribution in [2.45, 2.75) is 20.8 Å². The van der Waals surface area contributed by atoms with E-state index < -0.39 is 0 Å². The number of rotatable bonds is 7. The zero-order valence-corrected chi connectivity index (χ0v) is 16.2. The van der Waals surface area contributed by atoms with Gasteiger partial charge < -0.3 is 19.2 Å². The predicted octanol–water partition coefficient (Wildman–Crippen LogP) is 5.33. The van der Waals surface area contributed by atoms with Crippen molar-refractivity contribution >= 4 is 22.6 Å². The third-order valence-corrected chi connectivity index (χ3v) is 4.11. The van der Waals surface area contributed by atoms with E-state index in [0.717, 1.165) is 22.3 Å². The summed E-state index contributed by atoms with van der Waals surface area (Å²) < 4.78 is 16.9. The summed E-state index contributed by atoms with van der Waals surface area (Å²) >= 11 is 6.48. The molecule has 5 nitrogen and oxygen atoms in total. The lowest BCUT2D eigenvalue weighted by molar-refractivity contribution is 0.248. The third kappa shape index (κ3) is 3.88. The second-order valence-corrected chi connectivity index (χ2v) is 6.80. The van der Waals surface area contributed by atoms with Gasteiger partial charge in [0.1, 0.15) is 11.6 Å². The lowest BCUT2D eigenvalue weighted by Gasteiger charge is -2.16. The van der Waals surface area contributed by atoms with Gasteiger partial charge in [0.2, 0.25) is 0 Å². The Hall–Kier alpha value is -2.40. The Labute approximate surface area is 158 Å². The van der Waals surface area contributed by atoms with Crippen molar-refractivity contribution in [2.24, 2.45) is 5.92 Å². The van der Waals surface area contributed by atoms with Crippen LogP contribution in [-0.4, -0.2) is 30.3 Å². The van der Waals surface area contributed by atoms with Gasteiger partial charge in [0, 0.05) is 11.6 Å². The van der Waals surface area contributed by atoms with Gasteiger partial charge in [0.25, 0.3) is 0 Å². The Balaban J connectivity index is 2.01. The molecular formula is C20H23ClN2O3. The number of hydrogen-bond acceptors (Lipinski definition) is 4. The zero-order chi connectivity index (χ0) is 18.7. The average molecular weight is 375 g/mol. The van der Waals surface area contributed by atoms with E-state index in [1.54, 1.807) is 7.11 Å². The molecule has 3 aromatic rings. The molecule has 0 bridgehead atoms. The molecule has 0 unspecified atom stereocenters. The fourth-order valence-electron chi connectivity index (χ4n) is 2.61. The van der Waals surface area contributed by atoms with Crippen LogP contribution in [0.5, 0.6) is 17.2 Å². The van der Waals surface area contributed by atoms with Crippen molar-refractivity contribution in [3.63, 3.8) is 0 Å². The smallest absolute Gasteiger partial charge is 0.179 e. The zero-order valence-electron chi connectivity index (χ0n) is 15.4. The van der Waals surface area contributed by atoms with E-state index in [2.05, 4.69) is 23.8 Å². The number of fused-ring (bicyclic) bond motifs is 1. The standard InChI is InChI=1S/C20H23ClN2O3/c1-5-25-18-9-13(8-15(21)19(18)26-11-12(2)3)20-22-16-7-6-14(24-4)10-17(16)23-20/h6-10,12H,5,11H2,1-4H3,(H,22,23). The van der Waals surface area contributed by atoms with Gasteiger partial charge >= 0.3 is 0 Å². The highest BCUT2D eigenvalue weighted by molar-refractivity contribution is 6.32. The maximum atomic E-state index is 6.48. The van der Waals surface area contributed by atoms with Crippen LogP contribution in [0.2, 0.25) is 5.02 Å². The SMILES string of the molecule is CCOc1cc(-c2nc3ccc(OC)cc3[nH]2)cc(Cl)c1OCC(C)C. The van der Waals surface area contributed by atoms with Crippen LogP contribution < -0.4 is 14.2 Å². The van der Waals surface area contributed by atoms with Gasteiger partial charge in [-0.25, -0.2) is 4.98 Å². The molecule has 2 aromatic carbocycles. The van der Waals surface area contributed by atoms with Crippen LogP contribution in [0.1, 0.15) is 20.8 Å². The molecule has 0 spiro atoms. The largest absolute Gasteiger partial charge is 0.497 e. The molecule has 0 aliphatic rings. The fraction of sp³-hybridized carbons (Fsp3) is 0.350. The average Bonchev–Trinajstić information content (AvgIpc) is 3.04. The topological polar surface area (TPSA) is 56.4 Å². The monoisotopic (exact) mass is 374 g/mol. The summed E-state index contributed by atoms with van der Waals surface area (Å²) in [6.45, 7) is 7.20. The minimum Gasteiger partial charge on any atom is -0.497 e. The van der Waals surface area contributed by atoms with Gasteiger partial charge in [-0.2, -0.15) is 0 Å². The van der Waals surface area contributed by atoms with Gasteiger partial charge in [0.05, 0.1) is 36.4 Å². The summed E-state index contributed by atoms with van der Waals surface area (Å²) in [5.41, 5.74) is 2.59. The van der Waals surface area contributed by atoms with E-state index in [1.807, 2.05) is 37.3 Å². The highest BCUT2D eigenvalue weighted by Gasteiger charge is 2.16. The number of H-pyrrole nitrogens is 1. The summed E-state index contributed by atoms with van der Waals surface area (Å²) in [6, 6.07) is 9.46. The minimum atomic E-state index is 0.394. The first-order chi connectivity index (χ1) is 12.5. The summed E-state index contributed by atoms with van der Waals surface area (Å²) in [4.78, 5) is 7.95. The second kappa shape index (κ2) is 7.87. The minimum absolute atomic E-state index is 0.394. The quantitative estimate of drug-likeness (QED) is 0.607. The number of imidazole rings is 1. The Morgan fingerprint density at radius 2 is 1.96 bits per heavy atom. The summed E-state index contributed by atoms with van der Waals surface area (Å²) in [6.07, 6.45) is 0. The van der Waals surface area contributed by atoms with Crippen molar-refractivity contribution in [3.05, 3.63) is 35.4 Å². The molecule has 26 heavy (non-hydrogen) atoms. The molecule has 0 aliphatic carbocycles. The van der Waals surface area contributed by atoms with E-state index in [-0.39, 0.29) is 0 Å². The number of halogens is 1. The van der Waals surface area contributed by atoms with Crippen LogP contribution >= 0.6 is 11.6 Å². The number of nitrogens with zero attached hydrogens (tertiary/aromatic N) is 1. The summed E-state index contributed by atoms with van der Waals surface area (Å²) in [5, 5.41) is 0.504. The Kier molecular flexibility index (Phi) is 5.57.